The molecule has 5 N–H and O–H groups in total. The molecule has 0 aromatic heterocycles. The Labute approximate surface area is 131 Å². The van der Waals surface area contributed by atoms with Crippen LogP contribution < -0.4 is 11.5 Å². The van der Waals surface area contributed by atoms with Crippen LogP contribution in [0.4, 0.5) is 11.4 Å². The van der Waals surface area contributed by atoms with Gasteiger partial charge in [0.05, 0.1) is 0 Å². The smallest absolute Gasteiger partial charge is 0.127 e. The van der Waals surface area contributed by atoms with Gasteiger partial charge in [0.25, 0.3) is 0 Å². The predicted octanol–water partition coefficient (Wildman–Crippen LogP) is 3.32. The molecule has 3 aromatic rings. The summed E-state index contributed by atoms with van der Waals surface area (Å²) >= 11 is 0. The van der Waals surface area contributed by atoms with E-state index < -0.39 is 0 Å². The maximum absolute atomic E-state index is 5.83. The zero-order chi connectivity index (χ0) is 15.4. The van der Waals surface area contributed by atoms with E-state index in [1.54, 1.807) is 0 Å². The Kier molecular flexibility index (Phi) is 4.22. The third-order valence-corrected chi connectivity index (χ3v) is 3.81. The minimum absolute atomic E-state index is 0.822. The maximum Gasteiger partial charge on any atom is 0.127 e. The Hall–Kier alpha value is -2.58. The van der Waals surface area contributed by atoms with Gasteiger partial charge in [-0.15, -0.1) is 0 Å². The molecule has 0 amide bonds. The number of anilines is 1. The largest absolute Gasteiger partial charge is 0.399 e. The number of quaternary nitrogens is 1. The molecule has 0 saturated carbocycles. The molecular formula is C20H21N2+. The van der Waals surface area contributed by atoms with E-state index in [9.17, 15) is 0 Å². The topological polar surface area (TPSA) is 53.7 Å². The molecule has 22 heavy (non-hydrogen) atoms. The molecule has 3 aromatic carbocycles. The molecule has 0 spiro atoms. The molecule has 0 radical (unpaired) electrons. The van der Waals surface area contributed by atoms with Gasteiger partial charge in [0.2, 0.25) is 0 Å². The first-order valence-corrected chi connectivity index (χ1v) is 7.52. The lowest BCUT2D eigenvalue weighted by Crippen LogP contribution is -2.39. The minimum atomic E-state index is 0.822. The van der Waals surface area contributed by atoms with E-state index >= 15 is 0 Å². The van der Waals surface area contributed by atoms with Crippen LogP contribution in [0, 0.1) is 0 Å². The molecule has 2 heteroatoms. The highest BCUT2D eigenvalue weighted by atomic mass is 14.5. The van der Waals surface area contributed by atoms with Gasteiger partial charge < -0.3 is 11.5 Å². The number of rotatable bonds is 4. The average Bonchev–Trinajstić information content (AvgIpc) is 2.52. The van der Waals surface area contributed by atoms with Gasteiger partial charge in [0.15, 0.2) is 0 Å². The summed E-state index contributed by atoms with van der Waals surface area (Å²) in [6.45, 7) is 0. The summed E-state index contributed by atoms with van der Waals surface area (Å²) < 4.78 is 0. The van der Waals surface area contributed by atoms with Crippen molar-refractivity contribution in [1.82, 2.24) is 0 Å². The van der Waals surface area contributed by atoms with E-state index in [2.05, 4.69) is 60.3 Å². The second-order valence-corrected chi connectivity index (χ2v) is 5.73. The van der Waals surface area contributed by atoms with Crippen molar-refractivity contribution in [2.24, 2.45) is 0 Å². The molecule has 0 atom stereocenters. The monoisotopic (exact) mass is 289 g/mol. The number of hydrogen-bond donors (Lipinski definition) is 2. The molecule has 0 aliphatic rings. The summed E-state index contributed by atoms with van der Waals surface area (Å²) in [6.07, 6.45) is 1.88. The van der Waals surface area contributed by atoms with E-state index in [4.69, 9.17) is 5.73 Å². The summed E-state index contributed by atoms with van der Waals surface area (Å²) in [5, 5.41) is 0. The van der Waals surface area contributed by atoms with Gasteiger partial charge >= 0.3 is 0 Å². The summed E-state index contributed by atoms with van der Waals surface area (Å²) in [7, 11) is 0. The van der Waals surface area contributed by atoms with Crippen molar-refractivity contribution in [3.63, 3.8) is 0 Å². The lowest BCUT2D eigenvalue weighted by Gasteiger charge is -2.06. The van der Waals surface area contributed by atoms with Gasteiger partial charge in [-0.3, -0.25) is 0 Å². The normalized spacial score (nSPS) is 10.6. The van der Waals surface area contributed by atoms with Crippen molar-refractivity contribution in [3.05, 3.63) is 95.1 Å². The summed E-state index contributed by atoms with van der Waals surface area (Å²) in [4.78, 5) is 0. The minimum Gasteiger partial charge on any atom is -0.399 e. The van der Waals surface area contributed by atoms with Crippen molar-refractivity contribution in [3.8, 4) is 0 Å². The quantitative estimate of drug-likeness (QED) is 0.711. The Balaban J connectivity index is 1.68. The van der Waals surface area contributed by atoms with Gasteiger partial charge in [-0.25, -0.2) is 0 Å². The first-order chi connectivity index (χ1) is 10.7. The SMILES string of the molecule is Nc1cccc(Cc2ccc(Cc3ccc([NH3+])cc3)cc2)c1. The van der Waals surface area contributed by atoms with E-state index in [0.717, 1.165) is 24.2 Å². The lowest BCUT2D eigenvalue weighted by molar-refractivity contribution is -0.254. The number of hydrogen-bond acceptors (Lipinski definition) is 1. The summed E-state index contributed by atoms with van der Waals surface area (Å²) in [5.74, 6) is 0. The van der Waals surface area contributed by atoms with Crippen LogP contribution in [-0.4, -0.2) is 0 Å². The van der Waals surface area contributed by atoms with E-state index in [-0.39, 0.29) is 0 Å². The average molecular weight is 289 g/mol. The van der Waals surface area contributed by atoms with Gasteiger partial charge in [0.1, 0.15) is 5.69 Å². The molecule has 2 nitrogen and oxygen atoms in total. The second-order valence-electron chi connectivity index (χ2n) is 5.73. The van der Waals surface area contributed by atoms with Crippen LogP contribution in [0.5, 0.6) is 0 Å². The van der Waals surface area contributed by atoms with Crippen molar-refractivity contribution in [1.29, 1.82) is 0 Å². The number of nitrogens with two attached hydrogens (primary N) is 1. The van der Waals surface area contributed by atoms with Crippen molar-refractivity contribution in [2.75, 3.05) is 5.73 Å². The number of benzene rings is 3. The van der Waals surface area contributed by atoms with Crippen molar-refractivity contribution < 1.29 is 5.73 Å². The predicted molar refractivity (Wildman–Crippen MR) is 91.9 cm³/mol. The second kappa shape index (κ2) is 6.46. The van der Waals surface area contributed by atoms with E-state index in [0.29, 0.717) is 0 Å². The van der Waals surface area contributed by atoms with Crippen LogP contribution in [0.25, 0.3) is 0 Å². The van der Waals surface area contributed by atoms with Gasteiger partial charge in [-0.1, -0.05) is 48.5 Å². The van der Waals surface area contributed by atoms with Crippen molar-refractivity contribution in [2.45, 2.75) is 12.8 Å². The van der Waals surface area contributed by atoms with Crippen LogP contribution in [-0.2, 0) is 12.8 Å². The Morgan fingerprint density at radius 1 is 0.636 bits per heavy atom. The zero-order valence-electron chi connectivity index (χ0n) is 12.6. The van der Waals surface area contributed by atoms with E-state index in [1.807, 2.05) is 18.2 Å². The molecule has 110 valence electrons. The fourth-order valence-electron chi connectivity index (χ4n) is 2.61. The molecule has 0 unspecified atom stereocenters. The number of nitrogen functional groups attached to an aromatic ring is 1. The molecule has 0 heterocycles. The fourth-order valence-corrected chi connectivity index (χ4v) is 2.61. The van der Waals surface area contributed by atoms with E-state index in [1.165, 1.54) is 22.3 Å². The molecule has 3 rings (SSSR count). The zero-order valence-corrected chi connectivity index (χ0v) is 12.6. The van der Waals surface area contributed by atoms with Crippen LogP contribution in [0.3, 0.4) is 0 Å². The Morgan fingerprint density at radius 2 is 1.14 bits per heavy atom. The first-order valence-electron chi connectivity index (χ1n) is 7.52. The van der Waals surface area contributed by atoms with Crippen molar-refractivity contribution >= 4 is 11.4 Å². The molecule has 0 saturated heterocycles. The highest BCUT2D eigenvalue weighted by molar-refractivity contribution is 5.42. The van der Waals surface area contributed by atoms with Gasteiger partial charge in [-0.2, -0.15) is 0 Å². The molecule has 0 aliphatic heterocycles. The first kappa shape index (κ1) is 14.4. The third-order valence-electron chi connectivity index (χ3n) is 3.81. The Morgan fingerprint density at radius 3 is 1.68 bits per heavy atom. The molecule has 0 bridgehead atoms. The van der Waals surface area contributed by atoms with Crippen LogP contribution in [0.1, 0.15) is 22.3 Å². The molecular weight excluding hydrogens is 268 g/mol. The van der Waals surface area contributed by atoms with Gasteiger partial charge in [-0.05, 0) is 59.4 Å². The highest BCUT2D eigenvalue weighted by Gasteiger charge is 2.00. The molecule has 0 fully saturated rings. The van der Waals surface area contributed by atoms with Crippen LogP contribution >= 0.6 is 0 Å². The highest BCUT2D eigenvalue weighted by Crippen LogP contribution is 2.15. The Bertz CT molecular complexity index is 743. The fraction of sp³-hybridized carbons (Fsp3) is 0.100. The van der Waals surface area contributed by atoms with Crippen LogP contribution in [0.2, 0.25) is 0 Å². The standard InChI is InChI=1S/C20H20N2/c21-19-10-8-17(9-11-19)12-15-4-6-16(7-5-15)13-18-2-1-3-20(22)14-18/h1-11,14H,12-13,21-22H2/p+1. The van der Waals surface area contributed by atoms with Crippen LogP contribution in [0.15, 0.2) is 72.8 Å². The maximum atomic E-state index is 5.83. The summed E-state index contributed by atoms with van der Waals surface area (Å²) in [6, 6.07) is 25.3. The third kappa shape index (κ3) is 3.74. The summed E-state index contributed by atoms with van der Waals surface area (Å²) in [5.41, 5.74) is 16.8. The molecule has 0 aliphatic carbocycles. The lowest BCUT2D eigenvalue weighted by atomic mass is 10.00. The van der Waals surface area contributed by atoms with Gasteiger partial charge in [0, 0.05) is 5.69 Å².